The Hall–Kier alpha value is -3.50. The molecule has 0 radical (unpaired) electrons. The number of hydrogen-bond acceptors (Lipinski definition) is 8. The van der Waals surface area contributed by atoms with Gasteiger partial charge in [0.15, 0.2) is 11.5 Å². The summed E-state index contributed by atoms with van der Waals surface area (Å²) >= 11 is 0. The third kappa shape index (κ3) is 2.98. The maximum absolute atomic E-state index is 11.9. The predicted molar refractivity (Wildman–Crippen MR) is 74.4 cm³/mol. The van der Waals surface area contributed by atoms with E-state index in [1.807, 2.05) is 0 Å². The van der Waals surface area contributed by atoms with Gasteiger partial charge in [-0.25, -0.2) is 9.59 Å². The highest BCUT2D eigenvalue weighted by atomic mass is 16.6. The molecule has 134 valence electrons. The minimum absolute atomic E-state index is 0.577. The summed E-state index contributed by atoms with van der Waals surface area (Å²) in [4.78, 5) is 45.7. The van der Waals surface area contributed by atoms with E-state index in [1.54, 1.807) is 0 Å². The summed E-state index contributed by atoms with van der Waals surface area (Å²) in [7, 11) is 0. The molecule has 25 heavy (non-hydrogen) atoms. The summed E-state index contributed by atoms with van der Waals surface area (Å²) in [6, 6.07) is 0.664. The average Bonchev–Trinajstić information content (AvgIpc) is 2.50. The zero-order chi connectivity index (χ0) is 19.0. The number of fused-ring (bicyclic) bond motifs is 1. The first-order valence-electron chi connectivity index (χ1n) is 6.72. The second kappa shape index (κ2) is 6.19. The molecule has 0 saturated heterocycles. The molecule has 1 aromatic rings. The molecule has 1 heterocycles. The van der Waals surface area contributed by atoms with E-state index in [-0.39, 0.29) is 0 Å². The Balaban J connectivity index is 2.78. The molecule has 2 rings (SSSR count). The summed E-state index contributed by atoms with van der Waals surface area (Å²) in [6.45, 7) is 0. The van der Waals surface area contributed by atoms with Crippen molar-refractivity contribution in [3.8, 4) is 17.2 Å². The number of carboxylic acid groups (broad SMARTS) is 3. The summed E-state index contributed by atoms with van der Waals surface area (Å²) in [5, 5.41) is 56.5. The van der Waals surface area contributed by atoms with Crippen LogP contribution in [0.3, 0.4) is 0 Å². The Morgan fingerprint density at radius 3 is 2.16 bits per heavy atom. The van der Waals surface area contributed by atoms with Gasteiger partial charge in [0.05, 0.1) is 23.8 Å². The van der Waals surface area contributed by atoms with Gasteiger partial charge < -0.3 is 35.4 Å². The summed E-state index contributed by atoms with van der Waals surface area (Å²) in [5.41, 5.74) is -1.19. The summed E-state index contributed by atoms with van der Waals surface area (Å²) in [5.74, 6) is -13.2. The molecule has 0 spiro atoms. The molecule has 6 N–H and O–H groups in total. The van der Waals surface area contributed by atoms with E-state index >= 15 is 0 Å². The Kier molecular flexibility index (Phi) is 4.42. The van der Waals surface area contributed by atoms with Gasteiger partial charge in [0.25, 0.3) is 0 Å². The number of benzene rings is 1. The van der Waals surface area contributed by atoms with E-state index < -0.39 is 76.6 Å². The number of aliphatic carboxylic acids is 3. The Morgan fingerprint density at radius 2 is 1.68 bits per heavy atom. The van der Waals surface area contributed by atoms with Gasteiger partial charge in [0.1, 0.15) is 0 Å². The highest BCUT2D eigenvalue weighted by molar-refractivity contribution is 5.98. The van der Waals surface area contributed by atoms with Gasteiger partial charge in [-0.2, -0.15) is 0 Å². The van der Waals surface area contributed by atoms with Crippen molar-refractivity contribution in [1.29, 1.82) is 0 Å². The average molecular weight is 356 g/mol. The standard InChI is InChI=1S/C14H12O11/c15-5-1-4-7(10(19)9(5)18)8(3(12(20)21)2-6(16)17)11(13(22)23)25-14(4)24/h1,3,8,11,15,18-19H,2H2,(H,16,17)(H,20,21)(H,22,23)/t3?,8-,11-/m0/s1. The first-order chi connectivity index (χ1) is 11.6. The van der Waals surface area contributed by atoms with Crippen molar-refractivity contribution in [3.05, 3.63) is 17.2 Å². The van der Waals surface area contributed by atoms with Crippen molar-refractivity contribution in [2.75, 3.05) is 0 Å². The molecule has 11 heteroatoms. The molecule has 1 aromatic carbocycles. The van der Waals surface area contributed by atoms with E-state index in [2.05, 4.69) is 4.74 Å². The number of rotatable bonds is 5. The Bertz CT molecular complexity index is 781. The zero-order valence-corrected chi connectivity index (χ0v) is 12.2. The molecule has 0 fully saturated rings. The molecule has 3 atom stereocenters. The third-order valence-corrected chi connectivity index (χ3v) is 3.80. The van der Waals surface area contributed by atoms with Crippen molar-refractivity contribution in [2.45, 2.75) is 18.4 Å². The molecule has 1 aliphatic rings. The molecule has 1 aliphatic heterocycles. The number of esters is 1. The number of phenolic OH excluding ortho intramolecular Hbond substituents is 3. The van der Waals surface area contributed by atoms with Crippen molar-refractivity contribution in [1.82, 2.24) is 0 Å². The van der Waals surface area contributed by atoms with Crippen molar-refractivity contribution in [2.24, 2.45) is 5.92 Å². The molecular formula is C14H12O11. The molecule has 1 unspecified atom stereocenters. The third-order valence-electron chi connectivity index (χ3n) is 3.80. The lowest BCUT2D eigenvalue weighted by Gasteiger charge is -2.34. The minimum atomic E-state index is -2.12. The first kappa shape index (κ1) is 17.8. The summed E-state index contributed by atoms with van der Waals surface area (Å²) < 4.78 is 4.65. The van der Waals surface area contributed by atoms with Gasteiger partial charge in [0.2, 0.25) is 11.9 Å². The van der Waals surface area contributed by atoms with E-state index in [9.17, 15) is 44.7 Å². The lowest BCUT2D eigenvalue weighted by molar-refractivity contribution is -0.156. The Labute approximate surface area is 138 Å². The maximum Gasteiger partial charge on any atom is 0.345 e. The number of carbonyl (C=O) groups excluding carboxylic acids is 1. The monoisotopic (exact) mass is 356 g/mol. The van der Waals surface area contributed by atoms with Crippen molar-refractivity contribution < 1.29 is 54.6 Å². The van der Waals surface area contributed by atoms with Crippen LogP contribution in [0.15, 0.2) is 6.07 Å². The van der Waals surface area contributed by atoms with Gasteiger partial charge in [-0.1, -0.05) is 0 Å². The highest BCUT2D eigenvalue weighted by Crippen LogP contribution is 2.49. The zero-order valence-electron chi connectivity index (χ0n) is 12.2. The summed E-state index contributed by atoms with van der Waals surface area (Å²) in [6.07, 6.45) is -3.16. The topological polar surface area (TPSA) is 199 Å². The van der Waals surface area contributed by atoms with Gasteiger partial charge in [0, 0.05) is 5.56 Å². The van der Waals surface area contributed by atoms with E-state index in [4.69, 9.17) is 5.11 Å². The normalized spacial score (nSPS) is 20.2. The van der Waals surface area contributed by atoms with Gasteiger partial charge in [-0.3, -0.25) is 9.59 Å². The molecule has 0 saturated carbocycles. The molecule has 0 bridgehead atoms. The van der Waals surface area contributed by atoms with Gasteiger partial charge in [-0.15, -0.1) is 0 Å². The smallest absolute Gasteiger partial charge is 0.345 e. The minimum Gasteiger partial charge on any atom is -0.504 e. The predicted octanol–water partition coefficient (Wildman–Crippen LogP) is -0.314. The number of phenols is 3. The lowest BCUT2D eigenvalue weighted by atomic mass is 9.76. The van der Waals surface area contributed by atoms with Crippen LogP contribution in [-0.4, -0.2) is 60.6 Å². The number of carbonyl (C=O) groups is 4. The van der Waals surface area contributed by atoms with Crippen LogP contribution in [0.4, 0.5) is 0 Å². The van der Waals surface area contributed by atoms with Gasteiger partial charge >= 0.3 is 23.9 Å². The maximum atomic E-state index is 11.9. The number of cyclic esters (lactones) is 1. The number of aromatic hydroxyl groups is 3. The fraction of sp³-hybridized carbons (Fsp3) is 0.286. The fourth-order valence-electron chi connectivity index (χ4n) is 2.74. The SMILES string of the molecule is O=C(O)CC(C(=O)O)[C@H]1c2c(cc(O)c(O)c2O)C(=O)O[C@@H]1C(=O)O. The fourth-order valence-corrected chi connectivity index (χ4v) is 2.74. The van der Waals surface area contributed by atoms with Crippen LogP contribution < -0.4 is 0 Å². The largest absolute Gasteiger partial charge is 0.504 e. The van der Waals surface area contributed by atoms with E-state index in [0.29, 0.717) is 6.07 Å². The van der Waals surface area contributed by atoms with Crippen LogP contribution in [0, 0.1) is 5.92 Å². The van der Waals surface area contributed by atoms with E-state index in [0.717, 1.165) is 0 Å². The van der Waals surface area contributed by atoms with Gasteiger partial charge in [-0.05, 0) is 6.07 Å². The highest BCUT2D eigenvalue weighted by Gasteiger charge is 2.49. The number of carboxylic acids is 3. The quantitative estimate of drug-likeness (QED) is 0.298. The van der Waals surface area contributed by atoms with Crippen LogP contribution in [-0.2, 0) is 19.1 Å². The van der Waals surface area contributed by atoms with Crippen LogP contribution in [0.2, 0.25) is 0 Å². The second-order valence-electron chi connectivity index (χ2n) is 5.29. The molecule has 0 amide bonds. The molecule has 0 aliphatic carbocycles. The first-order valence-corrected chi connectivity index (χ1v) is 6.72. The molecule has 0 aromatic heterocycles. The number of hydrogen-bond donors (Lipinski definition) is 6. The van der Waals surface area contributed by atoms with Crippen molar-refractivity contribution >= 4 is 23.9 Å². The van der Waals surface area contributed by atoms with Crippen LogP contribution in [0.1, 0.15) is 28.3 Å². The van der Waals surface area contributed by atoms with Crippen LogP contribution >= 0.6 is 0 Å². The Morgan fingerprint density at radius 1 is 1.08 bits per heavy atom. The van der Waals surface area contributed by atoms with Crippen LogP contribution in [0.5, 0.6) is 17.2 Å². The second-order valence-corrected chi connectivity index (χ2v) is 5.29. The van der Waals surface area contributed by atoms with E-state index in [1.165, 1.54) is 0 Å². The number of ether oxygens (including phenoxy) is 1. The van der Waals surface area contributed by atoms with Crippen LogP contribution in [0.25, 0.3) is 0 Å². The lowest BCUT2D eigenvalue weighted by Crippen LogP contribution is -2.44. The molecular weight excluding hydrogens is 344 g/mol. The molecule has 11 nitrogen and oxygen atoms in total. The van der Waals surface area contributed by atoms with Crippen molar-refractivity contribution in [3.63, 3.8) is 0 Å².